The van der Waals surface area contributed by atoms with Gasteiger partial charge in [-0.3, -0.25) is 9.36 Å². The van der Waals surface area contributed by atoms with Crippen LogP contribution in [0.4, 0.5) is 0 Å². The van der Waals surface area contributed by atoms with Crippen molar-refractivity contribution in [2.75, 3.05) is 19.5 Å². The number of aromatic nitrogens is 2. The Bertz CT molecular complexity index is 1300. The molecule has 0 atom stereocenters. The van der Waals surface area contributed by atoms with E-state index in [1.165, 1.54) is 18.9 Å². The molecule has 0 N–H and O–H groups in total. The van der Waals surface area contributed by atoms with Gasteiger partial charge in [-0.05, 0) is 55.0 Å². The van der Waals surface area contributed by atoms with Crippen LogP contribution in [0.1, 0.15) is 21.7 Å². The molecule has 0 radical (unpaired) electrons. The van der Waals surface area contributed by atoms with Crippen LogP contribution in [0, 0.1) is 6.92 Å². The van der Waals surface area contributed by atoms with Crippen molar-refractivity contribution in [1.29, 1.82) is 0 Å². The third kappa shape index (κ3) is 4.86. The molecular formula is C24H22N2O5S. The Morgan fingerprint density at radius 1 is 1.16 bits per heavy atom. The number of furan rings is 1. The fourth-order valence-corrected chi connectivity index (χ4v) is 4.07. The van der Waals surface area contributed by atoms with Gasteiger partial charge in [-0.2, -0.15) is 0 Å². The number of benzene rings is 2. The highest BCUT2D eigenvalue weighted by Gasteiger charge is 2.15. The molecule has 0 amide bonds. The highest BCUT2D eigenvalue weighted by atomic mass is 32.2. The normalized spacial score (nSPS) is 10.9. The number of carbonyl (C=O) groups excluding carboxylic acids is 1. The van der Waals surface area contributed by atoms with E-state index in [1.54, 1.807) is 35.1 Å². The van der Waals surface area contributed by atoms with Crippen LogP contribution < -0.4 is 10.3 Å². The Balaban J connectivity index is 1.62. The van der Waals surface area contributed by atoms with Crippen LogP contribution in [0.25, 0.3) is 10.9 Å². The lowest BCUT2D eigenvalue weighted by Crippen LogP contribution is -2.24. The van der Waals surface area contributed by atoms with Gasteiger partial charge in [-0.1, -0.05) is 23.9 Å². The second-order valence-corrected chi connectivity index (χ2v) is 8.16. The maximum Gasteiger partial charge on any atom is 0.337 e. The number of ether oxygens (including phenoxy) is 2. The van der Waals surface area contributed by atoms with E-state index in [2.05, 4.69) is 4.98 Å². The Kier molecular flexibility index (Phi) is 6.61. The van der Waals surface area contributed by atoms with Crippen molar-refractivity contribution in [3.05, 3.63) is 88.1 Å². The summed E-state index contributed by atoms with van der Waals surface area (Å²) in [5.41, 5.74) is 1.70. The lowest BCUT2D eigenvalue weighted by molar-refractivity contribution is 0.0601. The summed E-state index contributed by atoms with van der Waals surface area (Å²) >= 11 is 1.41. The van der Waals surface area contributed by atoms with E-state index < -0.39 is 5.97 Å². The van der Waals surface area contributed by atoms with E-state index in [0.717, 1.165) is 11.3 Å². The highest BCUT2D eigenvalue weighted by molar-refractivity contribution is 7.99. The molecule has 0 bridgehead atoms. The van der Waals surface area contributed by atoms with E-state index in [1.807, 2.05) is 37.3 Å². The monoisotopic (exact) mass is 450 g/mol. The van der Waals surface area contributed by atoms with Crippen molar-refractivity contribution in [3.8, 4) is 5.75 Å². The number of carbonyl (C=O) groups is 1. The molecule has 4 aromatic rings. The van der Waals surface area contributed by atoms with Gasteiger partial charge >= 0.3 is 5.97 Å². The third-order valence-corrected chi connectivity index (χ3v) is 5.75. The smallest absolute Gasteiger partial charge is 0.337 e. The van der Waals surface area contributed by atoms with E-state index >= 15 is 0 Å². The zero-order valence-electron chi connectivity index (χ0n) is 17.7. The molecule has 0 aliphatic rings. The SMILES string of the molecule is COC(=O)c1ccc2c(=O)n(Cc3ccco3)c(SCCOc3cccc(C)c3)nc2c1. The van der Waals surface area contributed by atoms with Gasteiger partial charge in [0, 0.05) is 5.75 Å². The first-order valence-corrected chi connectivity index (χ1v) is 11.0. The Labute approximate surface area is 189 Å². The van der Waals surface area contributed by atoms with Crippen LogP contribution in [0.3, 0.4) is 0 Å². The minimum Gasteiger partial charge on any atom is -0.493 e. The van der Waals surface area contributed by atoms with Crippen molar-refractivity contribution < 1.29 is 18.7 Å². The maximum absolute atomic E-state index is 13.2. The number of esters is 1. The summed E-state index contributed by atoms with van der Waals surface area (Å²) in [6.07, 6.45) is 1.57. The topological polar surface area (TPSA) is 83.6 Å². The van der Waals surface area contributed by atoms with E-state index in [-0.39, 0.29) is 12.1 Å². The van der Waals surface area contributed by atoms with Crippen molar-refractivity contribution >= 4 is 28.6 Å². The lowest BCUT2D eigenvalue weighted by atomic mass is 10.1. The van der Waals surface area contributed by atoms with Crippen LogP contribution in [-0.2, 0) is 11.3 Å². The Hall–Kier alpha value is -3.52. The summed E-state index contributed by atoms with van der Waals surface area (Å²) in [6, 6.07) is 16.2. The Morgan fingerprint density at radius 2 is 2.03 bits per heavy atom. The zero-order valence-corrected chi connectivity index (χ0v) is 18.6. The Morgan fingerprint density at radius 3 is 2.78 bits per heavy atom. The van der Waals surface area contributed by atoms with Gasteiger partial charge in [0.25, 0.3) is 5.56 Å². The number of rotatable bonds is 8. The molecule has 7 nitrogen and oxygen atoms in total. The van der Waals surface area contributed by atoms with Gasteiger partial charge < -0.3 is 13.9 Å². The summed E-state index contributed by atoms with van der Waals surface area (Å²) < 4.78 is 17.6. The number of hydrogen-bond donors (Lipinski definition) is 0. The second-order valence-electron chi connectivity index (χ2n) is 7.10. The fourth-order valence-electron chi connectivity index (χ4n) is 3.25. The molecule has 0 spiro atoms. The van der Waals surface area contributed by atoms with Crippen LogP contribution in [0.5, 0.6) is 5.75 Å². The standard InChI is InChI=1S/C24H22N2O5S/c1-16-5-3-6-18(13-16)31-11-12-32-24-25-21-14-17(23(28)29-2)8-9-20(21)22(27)26(24)15-19-7-4-10-30-19/h3-10,13-14H,11-12,15H2,1-2H3. The summed E-state index contributed by atoms with van der Waals surface area (Å²) in [4.78, 5) is 29.8. The highest BCUT2D eigenvalue weighted by Crippen LogP contribution is 2.21. The molecule has 0 unspecified atom stereocenters. The number of nitrogens with zero attached hydrogens (tertiary/aromatic N) is 2. The van der Waals surface area contributed by atoms with Gasteiger partial charge in [0.2, 0.25) is 0 Å². The molecular weight excluding hydrogens is 428 g/mol. The van der Waals surface area contributed by atoms with Crippen LogP contribution in [0.2, 0.25) is 0 Å². The minimum atomic E-state index is -0.478. The summed E-state index contributed by atoms with van der Waals surface area (Å²) in [7, 11) is 1.32. The summed E-state index contributed by atoms with van der Waals surface area (Å²) in [5.74, 6) is 1.56. The van der Waals surface area contributed by atoms with Gasteiger partial charge in [-0.25, -0.2) is 9.78 Å². The predicted molar refractivity (Wildman–Crippen MR) is 123 cm³/mol. The molecule has 0 aliphatic carbocycles. The van der Waals surface area contributed by atoms with Gasteiger partial charge in [0.1, 0.15) is 11.5 Å². The van der Waals surface area contributed by atoms with Gasteiger partial charge in [0.05, 0.1) is 43.0 Å². The molecule has 0 saturated carbocycles. The summed E-state index contributed by atoms with van der Waals surface area (Å²) in [6.45, 7) is 2.72. The number of methoxy groups -OCH3 is 1. The first kappa shape index (κ1) is 21.7. The largest absolute Gasteiger partial charge is 0.493 e. The van der Waals surface area contributed by atoms with Crippen LogP contribution >= 0.6 is 11.8 Å². The van der Waals surface area contributed by atoms with Crippen molar-refractivity contribution in [1.82, 2.24) is 9.55 Å². The van der Waals surface area contributed by atoms with E-state index in [0.29, 0.717) is 39.7 Å². The zero-order chi connectivity index (χ0) is 22.5. The van der Waals surface area contributed by atoms with E-state index in [4.69, 9.17) is 13.9 Å². The van der Waals surface area contributed by atoms with E-state index in [9.17, 15) is 9.59 Å². The summed E-state index contributed by atoms with van der Waals surface area (Å²) in [5, 5.41) is 0.943. The minimum absolute atomic E-state index is 0.204. The molecule has 4 rings (SSSR count). The first-order chi connectivity index (χ1) is 15.5. The fraction of sp³-hybridized carbons (Fsp3) is 0.208. The molecule has 32 heavy (non-hydrogen) atoms. The number of hydrogen-bond acceptors (Lipinski definition) is 7. The maximum atomic E-state index is 13.2. The average Bonchev–Trinajstić information content (AvgIpc) is 3.31. The third-order valence-electron chi connectivity index (χ3n) is 4.81. The van der Waals surface area contributed by atoms with Crippen LogP contribution in [-0.4, -0.2) is 35.0 Å². The molecule has 0 fully saturated rings. The number of thioether (sulfide) groups is 1. The molecule has 8 heteroatoms. The number of fused-ring (bicyclic) bond motifs is 1. The van der Waals surface area contributed by atoms with Gasteiger partial charge in [0.15, 0.2) is 5.16 Å². The first-order valence-electron chi connectivity index (χ1n) is 10.0. The molecule has 0 saturated heterocycles. The quantitative estimate of drug-likeness (QED) is 0.171. The molecule has 0 aliphatic heterocycles. The van der Waals surface area contributed by atoms with Gasteiger partial charge in [-0.15, -0.1) is 0 Å². The number of aryl methyl sites for hydroxylation is 1. The predicted octanol–water partition coefficient (Wildman–Crippen LogP) is 4.30. The van der Waals surface area contributed by atoms with Crippen LogP contribution in [0.15, 0.2) is 75.2 Å². The molecule has 2 heterocycles. The molecule has 164 valence electrons. The van der Waals surface area contributed by atoms with Crippen molar-refractivity contribution in [3.63, 3.8) is 0 Å². The van der Waals surface area contributed by atoms with Crippen molar-refractivity contribution in [2.24, 2.45) is 0 Å². The lowest BCUT2D eigenvalue weighted by Gasteiger charge is -2.13. The second kappa shape index (κ2) is 9.74. The average molecular weight is 451 g/mol. The molecule has 2 aromatic carbocycles. The van der Waals surface area contributed by atoms with Crippen molar-refractivity contribution in [2.45, 2.75) is 18.6 Å². The molecule has 2 aromatic heterocycles.